The Morgan fingerprint density at radius 1 is 1.59 bits per heavy atom. The monoisotopic (exact) mass is 273 g/mol. The lowest BCUT2D eigenvalue weighted by molar-refractivity contribution is -0.148. The van der Waals surface area contributed by atoms with Gasteiger partial charge in [0.15, 0.2) is 0 Å². The summed E-state index contributed by atoms with van der Waals surface area (Å²) in [4.78, 5) is 15.1. The molecule has 5 heteroatoms. The third kappa shape index (κ3) is 3.21. The first-order valence-electron chi connectivity index (χ1n) is 5.77. The standard InChI is InChI=1S/C12H16ClNO2S/c1-16-12(15)10-4-2-3-7-14(10)8-9-5-6-11(13)17-9/h5-6,10H,2-4,7-8H2,1H3. The number of rotatable bonds is 3. The first-order chi connectivity index (χ1) is 8.20. The van der Waals surface area contributed by atoms with E-state index < -0.39 is 0 Å². The molecule has 1 aromatic heterocycles. The lowest BCUT2D eigenvalue weighted by atomic mass is 10.0. The number of hydrogen-bond donors (Lipinski definition) is 0. The van der Waals surface area contributed by atoms with Gasteiger partial charge in [-0.15, -0.1) is 11.3 Å². The number of carbonyl (C=O) groups is 1. The maximum atomic E-state index is 11.7. The van der Waals surface area contributed by atoms with Crippen molar-refractivity contribution < 1.29 is 9.53 Å². The minimum atomic E-state index is -0.118. The Labute approximate surface area is 110 Å². The van der Waals surface area contributed by atoms with Crippen molar-refractivity contribution in [3.8, 4) is 0 Å². The molecule has 1 fully saturated rings. The second-order valence-corrected chi connectivity index (χ2v) is 6.01. The molecule has 3 nitrogen and oxygen atoms in total. The van der Waals surface area contributed by atoms with Crippen LogP contribution in [0.25, 0.3) is 0 Å². The van der Waals surface area contributed by atoms with Gasteiger partial charge >= 0.3 is 5.97 Å². The average Bonchev–Trinajstić information content (AvgIpc) is 2.74. The van der Waals surface area contributed by atoms with Crippen LogP contribution >= 0.6 is 22.9 Å². The molecular formula is C12H16ClNO2S. The van der Waals surface area contributed by atoms with Crippen molar-refractivity contribution in [2.45, 2.75) is 31.8 Å². The van der Waals surface area contributed by atoms with Crippen molar-refractivity contribution in [3.63, 3.8) is 0 Å². The van der Waals surface area contributed by atoms with Crippen LogP contribution in [0.1, 0.15) is 24.1 Å². The van der Waals surface area contributed by atoms with Gasteiger partial charge in [0.2, 0.25) is 0 Å². The average molecular weight is 274 g/mol. The van der Waals surface area contributed by atoms with E-state index >= 15 is 0 Å². The van der Waals surface area contributed by atoms with Gasteiger partial charge in [0.25, 0.3) is 0 Å². The first-order valence-corrected chi connectivity index (χ1v) is 6.96. The highest BCUT2D eigenvalue weighted by molar-refractivity contribution is 7.16. The molecule has 1 unspecified atom stereocenters. The SMILES string of the molecule is COC(=O)C1CCCCN1Cc1ccc(Cl)s1. The molecule has 0 N–H and O–H groups in total. The van der Waals surface area contributed by atoms with Crippen molar-refractivity contribution >= 4 is 28.9 Å². The van der Waals surface area contributed by atoms with Crippen LogP contribution in [0.15, 0.2) is 12.1 Å². The zero-order valence-electron chi connectivity index (χ0n) is 9.82. The Morgan fingerprint density at radius 3 is 3.06 bits per heavy atom. The van der Waals surface area contributed by atoms with E-state index in [0.29, 0.717) is 0 Å². The quantitative estimate of drug-likeness (QED) is 0.793. The smallest absolute Gasteiger partial charge is 0.323 e. The number of piperidine rings is 1. The van der Waals surface area contributed by atoms with Crippen LogP contribution in [0, 0.1) is 0 Å². The molecular weight excluding hydrogens is 258 g/mol. The van der Waals surface area contributed by atoms with E-state index in [1.807, 2.05) is 12.1 Å². The summed E-state index contributed by atoms with van der Waals surface area (Å²) in [7, 11) is 1.46. The molecule has 0 radical (unpaired) electrons. The number of nitrogens with zero attached hydrogens (tertiary/aromatic N) is 1. The van der Waals surface area contributed by atoms with Gasteiger partial charge in [0, 0.05) is 11.4 Å². The number of carbonyl (C=O) groups excluding carboxylic acids is 1. The number of methoxy groups -OCH3 is 1. The lowest BCUT2D eigenvalue weighted by Gasteiger charge is -2.33. The molecule has 0 bridgehead atoms. The van der Waals surface area contributed by atoms with Gasteiger partial charge in [-0.1, -0.05) is 18.0 Å². The molecule has 0 saturated carbocycles. The predicted octanol–water partition coefficient (Wildman–Crippen LogP) is 2.93. The Kier molecular flexibility index (Phi) is 4.42. The minimum absolute atomic E-state index is 0.0883. The van der Waals surface area contributed by atoms with Crippen LogP contribution < -0.4 is 0 Å². The zero-order valence-corrected chi connectivity index (χ0v) is 11.4. The summed E-state index contributed by atoms with van der Waals surface area (Å²) in [6, 6.07) is 3.84. The van der Waals surface area contributed by atoms with Gasteiger partial charge in [-0.3, -0.25) is 9.69 Å². The number of ether oxygens (including phenoxy) is 1. The van der Waals surface area contributed by atoms with Gasteiger partial charge in [0.1, 0.15) is 6.04 Å². The zero-order chi connectivity index (χ0) is 12.3. The van der Waals surface area contributed by atoms with Gasteiger partial charge in [0.05, 0.1) is 11.4 Å². The van der Waals surface area contributed by atoms with Crippen LogP contribution in [-0.4, -0.2) is 30.6 Å². The second kappa shape index (κ2) is 5.85. The number of hydrogen-bond acceptors (Lipinski definition) is 4. The van der Waals surface area contributed by atoms with E-state index in [9.17, 15) is 4.79 Å². The fourth-order valence-electron chi connectivity index (χ4n) is 2.22. The van der Waals surface area contributed by atoms with Crippen molar-refractivity contribution in [2.24, 2.45) is 0 Å². The van der Waals surface area contributed by atoms with Gasteiger partial charge in [-0.05, 0) is 31.5 Å². The highest BCUT2D eigenvalue weighted by atomic mass is 35.5. The van der Waals surface area contributed by atoms with E-state index in [4.69, 9.17) is 16.3 Å². The molecule has 0 aromatic carbocycles. The second-order valence-electron chi connectivity index (χ2n) is 4.21. The minimum Gasteiger partial charge on any atom is -0.468 e. The molecule has 94 valence electrons. The summed E-state index contributed by atoms with van der Waals surface area (Å²) in [6.07, 6.45) is 3.14. The van der Waals surface area contributed by atoms with Crippen molar-refractivity contribution in [1.29, 1.82) is 0 Å². The fraction of sp³-hybridized carbons (Fsp3) is 0.583. The summed E-state index contributed by atoms with van der Waals surface area (Å²) < 4.78 is 5.66. The molecule has 2 heterocycles. The molecule has 1 aromatic rings. The molecule has 0 spiro atoms. The number of thiophene rings is 1. The van der Waals surface area contributed by atoms with Crippen molar-refractivity contribution in [2.75, 3.05) is 13.7 Å². The lowest BCUT2D eigenvalue weighted by Crippen LogP contribution is -2.44. The highest BCUT2D eigenvalue weighted by Gasteiger charge is 2.29. The topological polar surface area (TPSA) is 29.5 Å². The summed E-state index contributed by atoms with van der Waals surface area (Å²) in [5, 5.41) is 0. The number of likely N-dealkylation sites (tertiary alicyclic amines) is 1. The molecule has 1 atom stereocenters. The molecule has 2 rings (SSSR count). The number of halogens is 1. The maximum Gasteiger partial charge on any atom is 0.323 e. The van der Waals surface area contributed by atoms with Crippen LogP contribution in [0.5, 0.6) is 0 Å². The maximum absolute atomic E-state index is 11.7. The Morgan fingerprint density at radius 2 is 2.41 bits per heavy atom. The summed E-state index contributed by atoms with van der Waals surface area (Å²) in [6.45, 7) is 1.74. The van der Waals surface area contributed by atoms with Gasteiger partial charge < -0.3 is 4.74 Å². The normalized spacial score (nSPS) is 21.4. The van der Waals surface area contributed by atoms with Crippen molar-refractivity contribution in [3.05, 3.63) is 21.3 Å². The number of esters is 1. The van der Waals surface area contributed by atoms with E-state index in [2.05, 4.69) is 4.90 Å². The molecule has 1 aliphatic heterocycles. The fourth-order valence-corrected chi connectivity index (χ4v) is 3.33. The molecule has 0 aliphatic carbocycles. The van der Waals surface area contributed by atoms with Crippen LogP contribution in [0.4, 0.5) is 0 Å². The Hall–Kier alpha value is -0.580. The van der Waals surface area contributed by atoms with E-state index in [1.165, 1.54) is 12.0 Å². The highest BCUT2D eigenvalue weighted by Crippen LogP contribution is 2.26. The third-order valence-corrected chi connectivity index (χ3v) is 4.29. The first kappa shape index (κ1) is 12.9. The molecule has 1 aliphatic rings. The largest absolute Gasteiger partial charge is 0.468 e. The Bertz CT molecular complexity index is 394. The van der Waals surface area contributed by atoms with E-state index in [-0.39, 0.29) is 12.0 Å². The molecule has 0 amide bonds. The molecule has 1 saturated heterocycles. The summed E-state index contributed by atoms with van der Waals surface area (Å²) in [5.41, 5.74) is 0. The van der Waals surface area contributed by atoms with E-state index in [1.54, 1.807) is 11.3 Å². The Balaban J connectivity index is 2.03. The van der Waals surface area contributed by atoms with Crippen molar-refractivity contribution in [1.82, 2.24) is 4.90 Å². The van der Waals surface area contributed by atoms with Gasteiger partial charge in [-0.2, -0.15) is 0 Å². The third-order valence-electron chi connectivity index (χ3n) is 3.07. The van der Waals surface area contributed by atoms with Crippen LogP contribution in [-0.2, 0) is 16.1 Å². The summed E-state index contributed by atoms with van der Waals surface area (Å²) >= 11 is 7.49. The molecule has 17 heavy (non-hydrogen) atoms. The van der Waals surface area contributed by atoms with E-state index in [0.717, 1.165) is 36.7 Å². The predicted molar refractivity (Wildman–Crippen MR) is 69.4 cm³/mol. The van der Waals surface area contributed by atoms with Gasteiger partial charge in [-0.25, -0.2) is 0 Å². The summed E-state index contributed by atoms with van der Waals surface area (Å²) in [5.74, 6) is -0.118. The van der Waals surface area contributed by atoms with Crippen LogP contribution in [0.3, 0.4) is 0 Å². The van der Waals surface area contributed by atoms with Crippen LogP contribution in [0.2, 0.25) is 4.34 Å².